The van der Waals surface area contributed by atoms with E-state index in [1.165, 1.54) is 49.9 Å². The van der Waals surface area contributed by atoms with Crippen molar-refractivity contribution in [3.05, 3.63) is 48.5 Å². The Balaban J connectivity index is 1.22. The molecule has 1 aliphatic carbocycles. The van der Waals surface area contributed by atoms with Gasteiger partial charge in [0.05, 0.1) is 14.2 Å². The van der Waals surface area contributed by atoms with Gasteiger partial charge in [-0.2, -0.15) is 0 Å². The molecule has 0 bridgehead atoms. The van der Waals surface area contributed by atoms with Crippen molar-refractivity contribution in [2.24, 2.45) is 0 Å². The van der Waals surface area contributed by atoms with Crippen molar-refractivity contribution >= 4 is 44.8 Å². The lowest BCUT2D eigenvalue weighted by molar-refractivity contribution is 0.417. The zero-order chi connectivity index (χ0) is 28.5. The first kappa shape index (κ1) is 26.9. The average molecular weight is 567 g/mol. The van der Waals surface area contributed by atoms with Crippen LogP contribution in [0.2, 0.25) is 0 Å². The van der Waals surface area contributed by atoms with E-state index in [2.05, 4.69) is 56.8 Å². The third-order valence-electron chi connectivity index (χ3n) is 9.33. The van der Waals surface area contributed by atoms with Crippen molar-refractivity contribution in [1.29, 1.82) is 0 Å². The van der Waals surface area contributed by atoms with E-state index in [-0.39, 0.29) is 12.1 Å². The summed E-state index contributed by atoms with van der Waals surface area (Å²) in [7, 11) is 3.46. The third-order valence-corrected chi connectivity index (χ3v) is 9.33. The number of para-hydroxylation sites is 2. The fourth-order valence-corrected chi connectivity index (χ4v) is 7.18. The molecule has 8 nitrogen and oxygen atoms in total. The SMILES string of the molecule is COc1cccc2c(N3CCCC3)cc(NC3CCCC[C@@H]3Nc3cc(N4CCCC4)c4cccc(OC)c4n3)nc12. The van der Waals surface area contributed by atoms with Crippen LogP contribution in [0.1, 0.15) is 51.4 Å². The van der Waals surface area contributed by atoms with Gasteiger partial charge in [-0.25, -0.2) is 9.97 Å². The number of pyridine rings is 2. The molecule has 3 fully saturated rings. The lowest BCUT2D eigenvalue weighted by atomic mass is 9.90. The van der Waals surface area contributed by atoms with Crippen LogP contribution >= 0.6 is 0 Å². The molecule has 1 unspecified atom stereocenters. The molecule has 4 aromatic rings. The van der Waals surface area contributed by atoms with Crippen LogP contribution in [0.4, 0.5) is 23.0 Å². The smallest absolute Gasteiger partial charge is 0.145 e. The van der Waals surface area contributed by atoms with Crippen molar-refractivity contribution < 1.29 is 9.47 Å². The number of fused-ring (bicyclic) bond motifs is 2. The Kier molecular flexibility index (Phi) is 7.53. The highest BCUT2D eigenvalue weighted by Gasteiger charge is 2.28. The van der Waals surface area contributed by atoms with E-state index in [4.69, 9.17) is 19.4 Å². The first-order chi connectivity index (χ1) is 20.7. The van der Waals surface area contributed by atoms with Crippen LogP contribution in [0, 0.1) is 0 Å². The van der Waals surface area contributed by atoms with Crippen LogP contribution in [0.3, 0.4) is 0 Å². The first-order valence-corrected chi connectivity index (χ1v) is 15.7. The molecule has 4 heterocycles. The minimum Gasteiger partial charge on any atom is -0.494 e. The Hall–Kier alpha value is -3.94. The molecule has 2 aromatic heterocycles. The van der Waals surface area contributed by atoms with Crippen LogP contribution in [0.5, 0.6) is 11.5 Å². The Morgan fingerprint density at radius 3 is 1.45 bits per heavy atom. The van der Waals surface area contributed by atoms with Gasteiger partial charge in [-0.1, -0.05) is 37.1 Å². The van der Waals surface area contributed by atoms with Crippen molar-refractivity contribution in [2.75, 3.05) is 60.8 Å². The van der Waals surface area contributed by atoms with Gasteiger partial charge in [-0.15, -0.1) is 0 Å². The minimum absolute atomic E-state index is 0.232. The van der Waals surface area contributed by atoms with Crippen LogP contribution < -0.4 is 29.9 Å². The normalized spacial score (nSPS) is 20.8. The Morgan fingerprint density at radius 1 is 0.619 bits per heavy atom. The molecule has 220 valence electrons. The van der Waals surface area contributed by atoms with Gasteiger partial charge in [0.15, 0.2) is 0 Å². The number of nitrogens with one attached hydrogen (secondary N) is 2. The lowest BCUT2D eigenvalue weighted by Crippen LogP contribution is -2.42. The Labute approximate surface area is 248 Å². The predicted molar refractivity (Wildman–Crippen MR) is 173 cm³/mol. The van der Waals surface area contributed by atoms with E-state index in [1.54, 1.807) is 14.2 Å². The van der Waals surface area contributed by atoms with E-state index in [1.807, 2.05) is 12.1 Å². The average Bonchev–Trinajstić information content (AvgIpc) is 3.76. The number of hydrogen-bond acceptors (Lipinski definition) is 8. The number of rotatable bonds is 8. The third kappa shape index (κ3) is 5.12. The molecule has 8 heteroatoms. The number of hydrogen-bond donors (Lipinski definition) is 2. The second kappa shape index (κ2) is 11.7. The molecule has 2 atom stereocenters. The fraction of sp³-hybridized carbons (Fsp3) is 0.471. The fourth-order valence-electron chi connectivity index (χ4n) is 7.18. The van der Waals surface area contributed by atoms with E-state index >= 15 is 0 Å². The molecule has 2 saturated heterocycles. The number of aromatic nitrogens is 2. The molecular formula is C34H42N6O2. The summed E-state index contributed by atoms with van der Waals surface area (Å²) >= 11 is 0. The molecule has 1 saturated carbocycles. The molecular weight excluding hydrogens is 524 g/mol. The highest BCUT2D eigenvalue weighted by molar-refractivity contribution is 5.98. The molecule has 0 amide bonds. The summed E-state index contributed by atoms with van der Waals surface area (Å²) in [4.78, 5) is 15.2. The minimum atomic E-state index is 0.232. The lowest BCUT2D eigenvalue weighted by Gasteiger charge is -2.34. The maximum Gasteiger partial charge on any atom is 0.145 e. The molecule has 2 aromatic carbocycles. The largest absolute Gasteiger partial charge is 0.494 e. The topological polar surface area (TPSA) is 74.8 Å². The number of ether oxygens (including phenoxy) is 2. The zero-order valence-corrected chi connectivity index (χ0v) is 24.9. The number of anilines is 4. The van der Waals surface area contributed by atoms with Gasteiger partial charge >= 0.3 is 0 Å². The van der Waals surface area contributed by atoms with E-state index in [0.717, 1.165) is 84.0 Å². The van der Waals surface area contributed by atoms with Gasteiger partial charge in [0.2, 0.25) is 0 Å². The second-order valence-corrected chi connectivity index (χ2v) is 11.9. The molecule has 0 radical (unpaired) electrons. The van der Waals surface area contributed by atoms with Crippen LogP contribution in [-0.2, 0) is 0 Å². The number of methoxy groups -OCH3 is 2. The Morgan fingerprint density at radius 2 is 1.05 bits per heavy atom. The van der Waals surface area contributed by atoms with Gasteiger partial charge in [0.1, 0.15) is 34.2 Å². The monoisotopic (exact) mass is 566 g/mol. The number of nitrogens with zero attached hydrogens (tertiary/aromatic N) is 4. The number of benzene rings is 2. The maximum atomic E-state index is 5.75. The van der Waals surface area contributed by atoms with Crippen molar-refractivity contribution in [2.45, 2.75) is 63.5 Å². The Bertz CT molecular complexity index is 1450. The molecule has 2 aliphatic heterocycles. The summed E-state index contributed by atoms with van der Waals surface area (Å²) in [6, 6.07) is 17.5. The van der Waals surface area contributed by atoms with Gasteiger partial charge in [0.25, 0.3) is 0 Å². The van der Waals surface area contributed by atoms with Crippen molar-refractivity contribution in [3.8, 4) is 11.5 Å². The molecule has 2 N–H and O–H groups in total. The first-order valence-electron chi connectivity index (χ1n) is 15.7. The van der Waals surface area contributed by atoms with Crippen molar-refractivity contribution in [3.63, 3.8) is 0 Å². The van der Waals surface area contributed by atoms with Crippen LogP contribution in [0.25, 0.3) is 21.8 Å². The second-order valence-electron chi connectivity index (χ2n) is 11.9. The van der Waals surface area contributed by atoms with Crippen LogP contribution in [0.15, 0.2) is 48.5 Å². The summed E-state index contributed by atoms with van der Waals surface area (Å²) in [6.07, 6.45) is 9.48. The molecule has 0 spiro atoms. The van der Waals surface area contributed by atoms with Gasteiger partial charge < -0.3 is 29.9 Å². The summed E-state index contributed by atoms with van der Waals surface area (Å²) in [6.45, 7) is 4.33. The van der Waals surface area contributed by atoms with E-state index in [0.29, 0.717) is 0 Å². The summed E-state index contributed by atoms with van der Waals surface area (Å²) < 4.78 is 11.5. The molecule has 3 aliphatic rings. The zero-order valence-electron chi connectivity index (χ0n) is 24.9. The van der Waals surface area contributed by atoms with Gasteiger partial charge in [0, 0.05) is 72.5 Å². The van der Waals surface area contributed by atoms with Gasteiger partial charge in [-0.3, -0.25) is 0 Å². The predicted octanol–water partition coefficient (Wildman–Crippen LogP) is 6.84. The van der Waals surface area contributed by atoms with E-state index in [9.17, 15) is 0 Å². The van der Waals surface area contributed by atoms with Crippen molar-refractivity contribution in [1.82, 2.24) is 9.97 Å². The summed E-state index contributed by atoms with van der Waals surface area (Å²) in [5, 5.41) is 10.1. The summed E-state index contributed by atoms with van der Waals surface area (Å²) in [5.74, 6) is 3.47. The quantitative estimate of drug-likeness (QED) is 0.240. The molecule has 42 heavy (non-hydrogen) atoms. The highest BCUT2D eigenvalue weighted by Crippen LogP contribution is 2.38. The van der Waals surface area contributed by atoms with Gasteiger partial charge in [-0.05, 0) is 50.7 Å². The highest BCUT2D eigenvalue weighted by atomic mass is 16.5. The van der Waals surface area contributed by atoms with Crippen LogP contribution in [-0.4, -0.2) is 62.5 Å². The summed E-state index contributed by atoms with van der Waals surface area (Å²) in [5.41, 5.74) is 4.34. The van der Waals surface area contributed by atoms with E-state index < -0.39 is 0 Å². The standard InChI is InChI=1S/C34H42N6O2/c1-41-29-15-9-11-23-27(39-17-5-6-18-39)21-31(37-33(23)29)35-25-13-3-4-14-26(25)36-32-22-28(40-19-7-8-20-40)24-12-10-16-30(42-2)34(24)38-32/h9-12,15-16,21-22,25-26H,3-8,13-14,17-20H2,1-2H3,(H,35,37)(H,36,38)/t25-,26?/m0/s1. The molecule has 7 rings (SSSR count). The maximum absolute atomic E-state index is 5.75.